The van der Waals surface area contributed by atoms with E-state index in [9.17, 15) is 4.79 Å². The lowest BCUT2D eigenvalue weighted by Gasteiger charge is -2.12. The summed E-state index contributed by atoms with van der Waals surface area (Å²) in [5, 5.41) is 5.48. The van der Waals surface area contributed by atoms with E-state index in [-0.39, 0.29) is 11.8 Å². The molecule has 1 amide bonds. The average Bonchev–Trinajstić information content (AvgIpc) is 2.95. The Hall–Kier alpha value is -1.59. The Balaban J connectivity index is 2.11. The second kappa shape index (κ2) is 6.72. The summed E-state index contributed by atoms with van der Waals surface area (Å²) in [6.07, 6.45) is 0. The van der Waals surface area contributed by atoms with Gasteiger partial charge in [0.2, 0.25) is 5.91 Å². The Bertz CT molecular complexity index is 600. The van der Waals surface area contributed by atoms with Gasteiger partial charge in [-0.05, 0) is 19.1 Å². The number of alkyl halides is 1. The van der Waals surface area contributed by atoms with Crippen LogP contribution >= 0.6 is 22.9 Å². The molecule has 0 saturated carbocycles. The Morgan fingerprint density at radius 3 is 2.90 bits per heavy atom. The van der Waals surface area contributed by atoms with E-state index in [1.807, 2.05) is 24.4 Å². The maximum absolute atomic E-state index is 12.2. The van der Waals surface area contributed by atoms with Gasteiger partial charge in [0.05, 0.1) is 30.3 Å². The number of aromatic nitrogens is 1. The first-order chi connectivity index (χ1) is 9.65. The van der Waals surface area contributed by atoms with Gasteiger partial charge in [-0.15, -0.1) is 22.9 Å². The molecule has 1 aromatic carbocycles. The first kappa shape index (κ1) is 14.8. The highest BCUT2D eigenvalue weighted by atomic mass is 35.5. The van der Waals surface area contributed by atoms with E-state index in [1.54, 1.807) is 19.2 Å². The molecule has 20 heavy (non-hydrogen) atoms. The average molecular weight is 311 g/mol. The van der Waals surface area contributed by atoms with Crippen molar-refractivity contribution in [3.05, 3.63) is 40.3 Å². The monoisotopic (exact) mass is 310 g/mol. The maximum atomic E-state index is 12.2. The van der Waals surface area contributed by atoms with E-state index in [1.165, 1.54) is 11.3 Å². The van der Waals surface area contributed by atoms with Crippen molar-refractivity contribution in [1.82, 2.24) is 4.98 Å². The van der Waals surface area contributed by atoms with Crippen LogP contribution in [0.1, 0.15) is 23.5 Å². The summed E-state index contributed by atoms with van der Waals surface area (Å²) >= 11 is 7.16. The van der Waals surface area contributed by atoms with Crippen LogP contribution in [0.4, 0.5) is 5.69 Å². The zero-order valence-electron chi connectivity index (χ0n) is 11.2. The molecule has 1 N–H and O–H groups in total. The largest absolute Gasteiger partial charge is 0.495 e. The predicted octanol–water partition coefficient (Wildman–Crippen LogP) is 3.63. The van der Waals surface area contributed by atoms with Crippen LogP contribution in [0.5, 0.6) is 5.75 Å². The Morgan fingerprint density at radius 1 is 1.50 bits per heavy atom. The second-order valence-corrected chi connectivity index (χ2v) is 5.38. The van der Waals surface area contributed by atoms with Crippen LogP contribution in [-0.2, 0) is 10.7 Å². The lowest BCUT2D eigenvalue weighted by Crippen LogP contribution is -2.19. The number of rotatable bonds is 5. The minimum atomic E-state index is -0.332. The van der Waals surface area contributed by atoms with Gasteiger partial charge in [-0.2, -0.15) is 0 Å². The molecule has 2 rings (SSSR count). The highest BCUT2D eigenvalue weighted by molar-refractivity contribution is 7.09. The van der Waals surface area contributed by atoms with Crippen molar-refractivity contribution in [2.45, 2.75) is 18.7 Å². The molecule has 1 heterocycles. The van der Waals surface area contributed by atoms with Crippen LogP contribution in [0.15, 0.2) is 29.6 Å². The fourth-order valence-corrected chi connectivity index (χ4v) is 2.79. The molecule has 0 bridgehead atoms. The van der Waals surface area contributed by atoms with Crippen LogP contribution in [0.2, 0.25) is 0 Å². The van der Waals surface area contributed by atoms with Gasteiger partial charge in [-0.1, -0.05) is 12.1 Å². The van der Waals surface area contributed by atoms with Crippen LogP contribution in [0.25, 0.3) is 0 Å². The number of amides is 1. The lowest BCUT2D eigenvalue weighted by atomic mass is 10.1. The molecule has 0 fully saturated rings. The minimum Gasteiger partial charge on any atom is -0.495 e. The molecule has 0 aliphatic carbocycles. The van der Waals surface area contributed by atoms with Crippen LogP contribution < -0.4 is 10.1 Å². The number of para-hydroxylation sites is 2. The van der Waals surface area contributed by atoms with Crippen LogP contribution in [0.3, 0.4) is 0 Å². The number of hydrogen-bond donors (Lipinski definition) is 1. The number of ether oxygens (including phenoxy) is 1. The van der Waals surface area contributed by atoms with Gasteiger partial charge in [0, 0.05) is 5.38 Å². The van der Waals surface area contributed by atoms with E-state index >= 15 is 0 Å². The SMILES string of the molecule is COc1ccccc1NC(=O)C(C)c1nc(CCl)cs1. The Labute approximate surface area is 126 Å². The summed E-state index contributed by atoms with van der Waals surface area (Å²) in [5.41, 5.74) is 1.45. The molecule has 1 atom stereocenters. The number of nitrogens with one attached hydrogen (secondary N) is 1. The van der Waals surface area contributed by atoms with Gasteiger partial charge in [-0.25, -0.2) is 4.98 Å². The molecule has 0 aliphatic rings. The number of anilines is 1. The number of carbonyl (C=O) groups excluding carboxylic acids is 1. The first-order valence-corrected chi connectivity index (χ1v) is 7.51. The summed E-state index contributed by atoms with van der Waals surface area (Å²) in [7, 11) is 1.57. The Kier molecular flexibility index (Phi) is 4.98. The second-order valence-electron chi connectivity index (χ2n) is 4.22. The fraction of sp³-hybridized carbons (Fsp3) is 0.286. The number of benzene rings is 1. The summed E-state index contributed by atoms with van der Waals surface area (Å²) in [5.74, 6) is 0.539. The van der Waals surface area contributed by atoms with Crippen molar-refractivity contribution in [2.75, 3.05) is 12.4 Å². The molecule has 4 nitrogen and oxygen atoms in total. The number of halogens is 1. The zero-order chi connectivity index (χ0) is 14.5. The molecule has 0 radical (unpaired) electrons. The van der Waals surface area contributed by atoms with Gasteiger partial charge in [0.1, 0.15) is 10.8 Å². The van der Waals surface area contributed by atoms with Crippen molar-refractivity contribution in [2.24, 2.45) is 0 Å². The predicted molar refractivity (Wildman–Crippen MR) is 81.7 cm³/mol. The highest BCUT2D eigenvalue weighted by Crippen LogP contribution is 2.26. The van der Waals surface area contributed by atoms with Crippen molar-refractivity contribution in [1.29, 1.82) is 0 Å². The third kappa shape index (κ3) is 3.29. The molecule has 1 aromatic heterocycles. The standard InChI is InChI=1S/C14H15ClN2O2S/c1-9(14-16-10(7-15)8-20-14)13(18)17-11-5-3-4-6-12(11)19-2/h3-6,8-9H,7H2,1-2H3,(H,17,18). The Morgan fingerprint density at radius 2 is 2.25 bits per heavy atom. The molecular weight excluding hydrogens is 296 g/mol. The van der Waals surface area contributed by atoms with E-state index in [2.05, 4.69) is 10.3 Å². The normalized spacial score (nSPS) is 11.9. The quantitative estimate of drug-likeness (QED) is 0.858. The number of thiazole rings is 1. The van der Waals surface area contributed by atoms with E-state index in [0.29, 0.717) is 17.3 Å². The van der Waals surface area contributed by atoms with Gasteiger partial charge >= 0.3 is 0 Å². The molecule has 6 heteroatoms. The van der Waals surface area contributed by atoms with E-state index in [0.717, 1.165) is 10.7 Å². The van der Waals surface area contributed by atoms with Crippen molar-refractivity contribution >= 4 is 34.5 Å². The maximum Gasteiger partial charge on any atom is 0.234 e. The minimum absolute atomic E-state index is 0.120. The van der Waals surface area contributed by atoms with E-state index < -0.39 is 0 Å². The van der Waals surface area contributed by atoms with Gasteiger partial charge < -0.3 is 10.1 Å². The number of nitrogens with zero attached hydrogens (tertiary/aromatic N) is 1. The van der Waals surface area contributed by atoms with Crippen LogP contribution in [-0.4, -0.2) is 18.0 Å². The summed E-state index contributed by atoms with van der Waals surface area (Å²) in [4.78, 5) is 16.6. The highest BCUT2D eigenvalue weighted by Gasteiger charge is 2.19. The molecule has 2 aromatic rings. The molecule has 0 spiro atoms. The van der Waals surface area contributed by atoms with Crippen molar-refractivity contribution in [3.8, 4) is 5.75 Å². The summed E-state index contributed by atoms with van der Waals surface area (Å²) in [6, 6.07) is 7.30. The number of methoxy groups -OCH3 is 1. The van der Waals surface area contributed by atoms with Crippen molar-refractivity contribution < 1.29 is 9.53 Å². The van der Waals surface area contributed by atoms with Crippen molar-refractivity contribution in [3.63, 3.8) is 0 Å². The molecular formula is C14H15ClN2O2S. The zero-order valence-corrected chi connectivity index (χ0v) is 12.8. The molecule has 0 aliphatic heterocycles. The molecule has 106 valence electrons. The number of hydrogen-bond acceptors (Lipinski definition) is 4. The summed E-state index contributed by atoms with van der Waals surface area (Å²) in [6.45, 7) is 1.82. The van der Waals surface area contributed by atoms with E-state index in [4.69, 9.17) is 16.3 Å². The van der Waals surface area contributed by atoms with Crippen LogP contribution in [0, 0.1) is 0 Å². The van der Waals surface area contributed by atoms with Gasteiger partial charge in [0.15, 0.2) is 0 Å². The summed E-state index contributed by atoms with van der Waals surface area (Å²) < 4.78 is 5.21. The third-order valence-electron chi connectivity index (χ3n) is 2.83. The van der Waals surface area contributed by atoms with Gasteiger partial charge in [0.25, 0.3) is 0 Å². The molecule has 1 unspecified atom stereocenters. The molecule has 0 saturated heterocycles. The number of carbonyl (C=O) groups is 1. The lowest BCUT2D eigenvalue weighted by molar-refractivity contribution is -0.117. The van der Waals surface area contributed by atoms with Gasteiger partial charge in [-0.3, -0.25) is 4.79 Å². The third-order valence-corrected chi connectivity index (χ3v) is 4.19. The first-order valence-electron chi connectivity index (χ1n) is 6.10. The topological polar surface area (TPSA) is 51.2 Å². The fourth-order valence-electron chi connectivity index (χ4n) is 1.68. The smallest absolute Gasteiger partial charge is 0.234 e.